The Kier molecular flexibility index (Phi) is 6.25. The van der Waals surface area contributed by atoms with Crippen LogP contribution in [0.5, 0.6) is 11.5 Å². The standard InChI is InChI=1S/C24H20N4O7S/c29-21(25-12-16-3-6-19-20(11-16)35-14-34-19)7-9-26-23(30)22-18(8-10-36-22)27(24(26)31)13-15-1-4-17(5-2-15)28(32)33/h1-6,8,10-11H,7,9,12-14H2,(H,25,29). The van der Waals surface area contributed by atoms with Gasteiger partial charge >= 0.3 is 5.69 Å². The molecule has 12 heteroatoms. The van der Waals surface area contributed by atoms with Crippen LogP contribution >= 0.6 is 11.3 Å². The van der Waals surface area contributed by atoms with Crippen molar-refractivity contribution in [1.82, 2.24) is 14.5 Å². The second kappa shape index (κ2) is 9.66. The zero-order chi connectivity index (χ0) is 25.2. The van der Waals surface area contributed by atoms with Crippen LogP contribution in [0.1, 0.15) is 17.5 Å². The molecule has 0 radical (unpaired) electrons. The van der Waals surface area contributed by atoms with Crippen LogP contribution in [0, 0.1) is 10.1 Å². The Morgan fingerprint density at radius 3 is 2.56 bits per heavy atom. The summed E-state index contributed by atoms with van der Waals surface area (Å²) < 4.78 is 13.5. The zero-order valence-corrected chi connectivity index (χ0v) is 19.7. The van der Waals surface area contributed by atoms with Crippen LogP contribution < -0.4 is 26.0 Å². The van der Waals surface area contributed by atoms with E-state index in [2.05, 4.69) is 5.32 Å². The second-order valence-corrected chi connectivity index (χ2v) is 9.01. The van der Waals surface area contributed by atoms with Gasteiger partial charge in [0.2, 0.25) is 12.7 Å². The van der Waals surface area contributed by atoms with Gasteiger partial charge in [0, 0.05) is 31.6 Å². The van der Waals surface area contributed by atoms with Crippen LogP contribution in [-0.4, -0.2) is 26.8 Å². The van der Waals surface area contributed by atoms with Crippen LogP contribution in [-0.2, 0) is 24.4 Å². The number of nitrogens with zero attached hydrogens (tertiary/aromatic N) is 3. The fourth-order valence-electron chi connectivity index (χ4n) is 3.94. The Labute approximate surface area is 207 Å². The first-order valence-corrected chi connectivity index (χ1v) is 11.9. The molecule has 1 aliphatic heterocycles. The number of thiophene rings is 1. The molecule has 1 amide bonds. The van der Waals surface area contributed by atoms with Crippen molar-refractivity contribution in [2.45, 2.75) is 26.1 Å². The number of hydrogen-bond donors (Lipinski definition) is 1. The van der Waals surface area contributed by atoms with E-state index in [0.717, 1.165) is 10.1 Å². The first-order chi connectivity index (χ1) is 17.4. The van der Waals surface area contributed by atoms with Gasteiger partial charge in [0.15, 0.2) is 11.5 Å². The van der Waals surface area contributed by atoms with Gasteiger partial charge in [0.05, 0.1) is 17.0 Å². The van der Waals surface area contributed by atoms with Crippen molar-refractivity contribution in [1.29, 1.82) is 0 Å². The topological polar surface area (TPSA) is 135 Å². The third-order valence-electron chi connectivity index (χ3n) is 5.81. The highest BCUT2D eigenvalue weighted by Crippen LogP contribution is 2.32. The Balaban J connectivity index is 1.32. The van der Waals surface area contributed by atoms with E-state index in [1.807, 2.05) is 6.07 Å². The third-order valence-corrected chi connectivity index (χ3v) is 6.71. The van der Waals surface area contributed by atoms with Crippen molar-refractivity contribution >= 4 is 33.1 Å². The fourth-order valence-corrected chi connectivity index (χ4v) is 4.79. The Morgan fingerprint density at radius 1 is 1.03 bits per heavy atom. The predicted molar refractivity (Wildman–Crippen MR) is 132 cm³/mol. The summed E-state index contributed by atoms with van der Waals surface area (Å²) in [5.74, 6) is 0.955. The molecule has 0 bridgehead atoms. The molecule has 5 rings (SSSR count). The molecule has 0 aliphatic carbocycles. The lowest BCUT2D eigenvalue weighted by atomic mass is 10.2. The largest absolute Gasteiger partial charge is 0.454 e. The van der Waals surface area contributed by atoms with Crippen molar-refractivity contribution in [3.8, 4) is 11.5 Å². The lowest BCUT2D eigenvalue weighted by molar-refractivity contribution is -0.384. The fraction of sp³-hybridized carbons (Fsp3) is 0.208. The Morgan fingerprint density at radius 2 is 1.78 bits per heavy atom. The molecule has 1 aliphatic rings. The van der Waals surface area contributed by atoms with Crippen molar-refractivity contribution in [2.75, 3.05) is 6.79 Å². The van der Waals surface area contributed by atoms with Crippen LogP contribution in [0.15, 0.2) is 63.5 Å². The van der Waals surface area contributed by atoms with Gasteiger partial charge in [-0.3, -0.25) is 28.8 Å². The number of carbonyl (C=O) groups is 1. The first kappa shape index (κ1) is 23.3. The molecule has 0 fully saturated rings. The lowest BCUT2D eigenvalue weighted by Crippen LogP contribution is -2.40. The number of aromatic nitrogens is 2. The van der Waals surface area contributed by atoms with E-state index in [4.69, 9.17) is 9.47 Å². The maximum atomic E-state index is 13.2. The normalized spacial score (nSPS) is 12.1. The second-order valence-electron chi connectivity index (χ2n) is 8.10. The number of non-ortho nitro benzene ring substituents is 1. The number of nitro groups is 1. The van der Waals surface area contributed by atoms with Crippen LogP contribution in [0.4, 0.5) is 5.69 Å². The van der Waals surface area contributed by atoms with Gasteiger partial charge in [-0.25, -0.2) is 4.79 Å². The van der Waals surface area contributed by atoms with E-state index in [9.17, 15) is 24.5 Å². The number of ether oxygens (including phenoxy) is 2. The summed E-state index contributed by atoms with van der Waals surface area (Å²) >= 11 is 1.21. The molecule has 11 nitrogen and oxygen atoms in total. The summed E-state index contributed by atoms with van der Waals surface area (Å²) in [7, 11) is 0. The van der Waals surface area contributed by atoms with Crippen molar-refractivity contribution in [3.05, 3.63) is 96.0 Å². The SMILES string of the molecule is O=C(CCn1c(=O)c2sccc2n(Cc2ccc([N+](=O)[O-])cc2)c1=O)NCc1ccc2c(c1)OCO2. The summed E-state index contributed by atoms with van der Waals surface area (Å²) in [6.45, 7) is 0.467. The number of rotatable bonds is 8. The number of carbonyl (C=O) groups excluding carboxylic acids is 1. The number of hydrogen-bond acceptors (Lipinski definition) is 8. The van der Waals surface area contributed by atoms with E-state index in [1.54, 1.807) is 35.7 Å². The molecule has 0 saturated heterocycles. The number of nitro benzene ring substituents is 1. The van der Waals surface area contributed by atoms with Gasteiger partial charge in [0.1, 0.15) is 4.70 Å². The van der Waals surface area contributed by atoms with E-state index >= 15 is 0 Å². The molecule has 184 valence electrons. The number of amides is 1. The molecular formula is C24H20N4O7S. The van der Waals surface area contributed by atoms with E-state index in [-0.39, 0.29) is 44.4 Å². The zero-order valence-electron chi connectivity index (χ0n) is 18.8. The van der Waals surface area contributed by atoms with Gasteiger partial charge in [0.25, 0.3) is 11.2 Å². The first-order valence-electron chi connectivity index (χ1n) is 11.0. The van der Waals surface area contributed by atoms with Gasteiger partial charge in [-0.2, -0.15) is 0 Å². The monoisotopic (exact) mass is 508 g/mol. The summed E-state index contributed by atoms with van der Waals surface area (Å²) in [5.41, 5.74) is 0.929. The molecule has 36 heavy (non-hydrogen) atoms. The molecule has 0 atom stereocenters. The smallest absolute Gasteiger partial charge is 0.331 e. The van der Waals surface area contributed by atoms with E-state index < -0.39 is 16.2 Å². The van der Waals surface area contributed by atoms with Crippen LogP contribution in [0.2, 0.25) is 0 Å². The highest BCUT2D eigenvalue weighted by Gasteiger charge is 2.17. The lowest BCUT2D eigenvalue weighted by Gasteiger charge is -2.12. The van der Waals surface area contributed by atoms with Crippen LogP contribution in [0.3, 0.4) is 0 Å². The van der Waals surface area contributed by atoms with Crippen molar-refractivity contribution in [3.63, 3.8) is 0 Å². The minimum atomic E-state index is -0.548. The number of fused-ring (bicyclic) bond motifs is 2. The molecule has 4 aromatic rings. The molecule has 0 unspecified atom stereocenters. The van der Waals surface area contributed by atoms with Gasteiger partial charge in [-0.05, 0) is 34.7 Å². The van der Waals surface area contributed by atoms with Crippen molar-refractivity contribution < 1.29 is 19.2 Å². The highest BCUT2D eigenvalue weighted by molar-refractivity contribution is 7.17. The summed E-state index contributed by atoms with van der Waals surface area (Å²) in [4.78, 5) is 49.1. The third kappa shape index (κ3) is 4.58. The van der Waals surface area contributed by atoms with Gasteiger partial charge in [-0.15, -0.1) is 11.3 Å². The van der Waals surface area contributed by atoms with Crippen molar-refractivity contribution in [2.24, 2.45) is 0 Å². The average molecular weight is 509 g/mol. The van der Waals surface area contributed by atoms with E-state index in [1.165, 1.54) is 28.0 Å². The molecule has 3 heterocycles. The van der Waals surface area contributed by atoms with Gasteiger partial charge in [-0.1, -0.05) is 18.2 Å². The number of benzene rings is 2. The molecule has 2 aromatic heterocycles. The molecule has 1 N–H and O–H groups in total. The number of nitrogens with one attached hydrogen (secondary N) is 1. The minimum absolute atomic E-state index is 0.0523. The maximum Gasteiger partial charge on any atom is 0.331 e. The van der Waals surface area contributed by atoms with E-state index in [0.29, 0.717) is 27.3 Å². The minimum Gasteiger partial charge on any atom is -0.454 e. The summed E-state index contributed by atoms with van der Waals surface area (Å²) in [6, 6.07) is 12.9. The Bertz CT molecular complexity index is 1590. The highest BCUT2D eigenvalue weighted by atomic mass is 32.1. The molecule has 2 aromatic carbocycles. The summed E-state index contributed by atoms with van der Waals surface area (Å²) in [6.07, 6.45) is -0.0614. The molecular weight excluding hydrogens is 488 g/mol. The predicted octanol–water partition coefficient (Wildman–Crippen LogP) is 2.62. The van der Waals surface area contributed by atoms with Gasteiger partial charge < -0.3 is 14.8 Å². The maximum absolute atomic E-state index is 13.2. The molecule has 0 saturated carbocycles. The quantitative estimate of drug-likeness (QED) is 0.286. The summed E-state index contributed by atoms with van der Waals surface area (Å²) in [5, 5.41) is 15.4. The average Bonchev–Trinajstić information content (AvgIpc) is 3.55. The Hall–Kier alpha value is -4.45. The molecule has 0 spiro atoms. The van der Waals surface area contributed by atoms with Crippen LogP contribution in [0.25, 0.3) is 10.2 Å².